The molecule has 2 aromatic rings. The zero-order valence-electron chi connectivity index (χ0n) is 13.0. The topological polar surface area (TPSA) is 118 Å². The number of nitrogens with zero attached hydrogens (tertiary/aromatic N) is 1. The van der Waals surface area contributed by atoms with Crippen molar-refractivity contribution < 1.29 is 24.2 Å². The molecule has 124 valence electrons. The first-order valence-corrected chi connectivity index (χ1v) is 6.87. The maximum atomic E-state index is 12.3. The Balaban J connectivity index is 2.28. The van der Waals surface area contributed by atoms with E-state index in [-0.39, 0.29) is 17.2 Å². The van der Waals surface area contributed by atoms with Gasteiger partial charge in [0.15, 0.2) is 0 Å². The number of carboxylic acid groups (broad SMARTS) is 1. The summed E-state index contributed by atoms with van der Waals surface area (Å²) in [6.07, 6.45) is 1.24. The molecule has 8 nitrogen and oxygen atoms in total. The number of aromatic carboxylic acids is 1. The van der Waals surface area contributed by atoms with Crippen LogP contribution >= 0.6 is 0 Å². The van der Waals surface area contributed by atoms with Crippen molar-refractivity contribution in [3.8, 4) is 5.75 Å². The summed E-state index contributed by atoms with van der Waals surface area (Å²) in [5.41, 5.74) is 0.720. The van der Waals surface area contributed by atoms with Crippen molar-refractivity contribution in [3.63, 3.8) is 0 Å². The van der Waals surface area contributed by atoms with Gasteiger partial charge in [-0.05, 0) is 30.3 Å². The standard InChI is InChI=1S/C16H15N3O5/c1-9(20)18-11-3-4-14(24-2)12(8-11)19-15(21)10-5-6-17-13(7-10)16(22)23/h3-8H,1-2H3,(H,18,20)(H,19,21)(H,22,23). The smallest absolute Gasteiger partial charge is 0.354 e. The number of carbonyl (C=O) groups excluding carboxylic acids is 2. The molecule has 1 aromatic carbocycles. The number of hydrogen-bond donors (Lipinski definition) is 3. The quantitative estimate of drug-likeness (QED) is 0.772. The van der Waals surface area contributed by atoms with Crippen LogP contribution in [0.25, 0.3) is 0 Å². The van der Waals surface area contributed by atoms with Crippen LogP contribution in [0.2, 0.25) is 0 Å². The summed E-state index contributed by atoms with van der Waals surface area (Å²) in [6, 6.07) is 7.33. The lowest BCUT2D eigenvalue weighted by Crippen LogP contribution is -2.14. The number of benzene rings is 1. The Morgan fingerprint density at radius 3 is 2.50 bits per heavy atom. The molecule has 0 spiro atoms. The zero-order chi connectivity index (χ0) is 17.7. The molecule has 8 heteroatoms. The first-order valence-electron chi connectivity index (χ1n) is 6.87. The second kappa shape index (κ2) is 7.23. The van der Waals surface area contributed by atoms with Gasteiger partial charge in [0.1, 0.15) is 11.4 Å². The highest BCUT2D eigenvalue weighted by Gasteiger charge is 2.13. The Kier molecular flexibility index (Phi) is 5.10. The number of ether oxygens (including phenoxy) is 1. The third kappa shape index (κ3) is 4.07. The molecule has 0 aliphatic rings. The number of rotatable bonds is 5. The lowest BCUT2D eigenvalue weighted by Gasteiger charge is -2.12. The van der Waals surface area contributed by atoms with E-state index in [9.17, 15) is 14.4 Å². The van der Waals surface area contributed by atoms with E-state index in [2.05, 4.69) is 15.6 Å². The van der Waals surface area contributed by atoms with E-state index in [0.717, 1.165) is 0 Å². The molecule has 0 unspecified atom stereocenters. The van der Waals surface area contributed by atoms with Crippen LogP contribution in [-0.2, 0) is 4.79 Å². The molecular weight excluding hydrogens is 314 g/mol. The van der Waals surface area contributed by atoms with Gasteiger partial charge in [-0.2, -0.15) is 0 Å². The summed E-state index contributed by atoms with van der Waals surface area (Å²) in [5, 5.41) is 14.2. The molecule has 0 atom stereocenters. The number of carbonyl (C=O) groups is 3. The Labute approximate surface area is 137 Å². The van der Waals surface area contributed by atoms with E-state index in [1.807, 2.05) is 0 Å². The highest BCUT2D eigenvalue weighted by atomic mass is 16.5. The molecule has 0 aliphatic heterocycles. The fourth-order valence-electron chi connectivity index (χ4n) is 1.97. The van der Waals surface area contributed by atoms with E-state index in [1.165, 1.54) is 38.4 Å². The minimum atomic E-state index is -1.23. The van der Waals surface area contributed by atoms with Crippen LogP contribution in [0.4, 0.5) is 11.4 Å². The molecule has 3 N–H and O–H groups in total. The molecule has 1 heterocycles. The minimum Gasteiger partial charge on any atom is -0.495 e. The van der Waals surface area contributed by atoms with Crippen molar-refractivity contribution in [1.82, 2.24) is 4.98 Å². The molecule has 0 saturated heterocycles. The van der Waals surface area contributed by atoms with Gasteiger partial charge in [-0.1, -0.05) is 0 Å². The van der Waals surface area contributed by atoms with Crippen LogP contribution < -0.4 is 15.4 Å². The Morgan fingerprint density at radius 1 is 1.12 bits per heavy atom. The summed E-state index contributed by atoms with van der Waals surface area (Å²) in [6.45, 7) is 1.37. The lowest BCUT2D eigenvalue weighted by molar-refractivity contribution is -0.114. The summed E-state index contributed by atoms with van der Waals surface area (Å²) in [7, 11) is 1.44. The van der Waals surface area contributed by atoms with Gasteiger partial charge in [-0.15, -0.1) is 0 Å². The van der Waals surface area contributed by atoms with Gasteiger partial charge in [-0.25, -0.2) is 9.78 Å². The summed E-state index contributed by atoms with van der Waals surface area (Å²) in [4.78, 5) is 38.0. The average Bonchev–Trinajstić information content (AvgIpc) is 2.54. The highest BCUT2D eigenvalue weighted by Crippen LogP contribution is 2.28. The molecule has 0 aliphatic carbocycles. The lowest BCUT2D eigenvalue weighted by atomic mass is 10.2. The Hall–Kier alpha value is -3.42. The number of hydrogen-bond acceptors (Lipinski definition) is 5. The van der Waals surface area contributed by atoms with E-state index in [4.69, 9.17) is 9.84 Å². The monoisotopic (exact) mass is 329 g/mol. The van der Waals surface area contributed by atoms with Crippen LogP contribution in [0.3, 0.4) is 0 Å². The van der Waals surface area contributed by atoms with Crippen LogP contribution in [0.1, 0.15) is 27.8 Å². The predicted molar refractivity (Wildman–Crippen MR) is 86.4 cm³/mol. The maximum absolute atomic E-state index is 12.3. The predicted octanol–water partition coefficient (Wildman–Crippen LogP) is 2.00. The number of amides is 2. The minimum absolute atomic E-state index is 0.134. The van der Waals surface area contributed by atoms with Gasteiger partial charge in [0, 0.05) is 24.4 Å². The summed E-state index contributed by atoms with van der Waals surface area (Å²) < 4.78 is 5.17. The molecule has 2 rings (SSSR count). The number of methoxy groups -OCH3 is 1. The molecule has 0 radical (unpaired) electrons. The molecular formula is C16H15N3O5. The largest absolute Gasteiger partial charge is 0.495 e. The van der Waals surface area contributed by atoms with Crippen LogP contribution in [0.5, 0.6) is 5.75 Å². The molecule has 0 fully saturated rings. The van der Waals surface area contributed by atoms with Crippen molar-refractivity contribution in [2.75, 3.05) is 17.7 Å². The normalized spacial score (nSPS) is 9.92. The Bertz CT molecular complexity index is 804. The van der Waals surface area contributed by atoms with E-state index in [0.29, 0.717) is 17.1 Å². The maximum Gasteiger partial charge on any atom is 0.354 e. The van der Waals surface area contributed by atoms with Crippen molar-refractivity contribution in [1.29, 1.82) is 0 Å². The number of aromatic nitrogens is 1. The molecule has 24 heavy (non-hydrogen) atoms. The first-order chi connectivity index (χ1) is 11.4. The molecule has 0 saturated carbocycles. The van der Waals surface area contributed by atoms with Crippen LogP contribution in [0.15, 0.2) is 36.5 Å². The van der Waals surface area contributed by atoms with Gasteiger partial charge in [-0.3, -0.25) is 9.59 Å². The second-order valence-corrected chi connectivity index (χ2v) is 4.79. The third-order valence-electron chi connectivity index (χ3n) is 3.01. The van der Waals surface area contributed by atoms with Crippen molar-refractivity contribution in [2.45, 2.75) is 6.92 Å². The van der Waals surface area contributed by atoms with Gasteiger partial charge in [0.25, 0.3) is 5.91 Å². The van der Waals surface area contributed by atoms with Crippen LogP contribution in [0, 0.1) is 0 Å². The van der Waals surface area contributed by atoms with Gasteiger partial charge < -0.3 is 20.5 Å². The fourth-order valence-corrected chi connectivity index (χ4v) is 1.97. The molecule has 1 aromatic heterocycles. The average molecular weight is 329 g/mol. The van der Waals surface area contributed by atoms with Crippen molar-refractivity contribution in [3.05, 3.63) is 47.8 Å². The number of anilines is 2. The highest BCUT2D eigenvalue weighted by molar-refractivity contribution is 6.06. The number of pyridine rings is 1. The van der Waals surface area contributed by atoms with Gasteiger partial charge in [0.05, 0.1) is 12.8 Å². The van der Waals surface area contributed by atoms with Crippen molar-refractivity contribution >= 4 is 29.2 Å². The van der Waals surface area contributed by atoms with E-state index in [1.54, 1.807) is 12.1 Å². The van der Waals surface area contributed by atoms with Gasteiger partial charge >= 0.3 is 5.97 Å². The fraction of sp³-hybridized carbons (Fsp3) is 0.125. The molecule has 0 bridgehead atoms. The number of carboxylic acids is 1. The molecule has 2 amide bonds. The SMILES string of the molecule is COc1ccc(NC(C)=O)cc1NC(=O)c1ccnc(C(=O)O)c1. The van der Waals surface area contributed by atoms with Crippen LogP contribution in [-0.4, -0.2) is 35.0 Å². The van der Waals surface area contributed by atoms with Gasteiger partial charge in [0.2, 0.25) is 5.91 Å². The Morgan fingerprint density at radius 2 is 1.88 bits per heavy atom. The van der Waals surface area contributed by atoms with E-state index < -0.39 is 11.9 Å². The third-order valence-corrected chi connectivity index (χ3v) is 3.01. The van der Waals surface area contributed by atoms with E-state index >= 15 is 0 Å². The summed E-state index contributed by atoms with van der Waals surface area (Å²) in [5.74, 6) is -1.62. The summed E-state index contributed by atoms with van der Waals surface area (Å²) >= 11 is 0. The second-order valence-electron chi connectivity index (χ2n) is 4.79. The first kappa shape index (κ1) is 16.9. The zero-order valence-corrected chi connectivity index (χ0v) is 13.0. The van der Waals surface area contributed by atoms with Crippen molar-refractivity contribution in [2.24, 2.45) is 0 Å². The number of nitrogens with one attached hydrogen (secondary N) is 2.